The van der Waals surface area contributed by atoms with Crippen molar-refractivity contribution in [3.05, 3.63) is 59.4 Å². The van der Waals surface area contributed by atoms with Gasteiger partial charge < -0.3 is 9.30 Å². The molecular formula is C27H36N4O3S. The molecule has 3 aromatic rings. The molecule has 2 aliphatic rings. The molecule has 0 amide bonds. The number of nitrogens with zero attached hydrogens (tertiary/aromatic N) is 4. The number of rotatable bonds is 9. The molecule has 8 heteroatoms. The summed E-state index contributed by atoms with van der Waals surface area (Å²) in [6.07, 6.45) is 2.44. The van der Waals surface area contributed by atoms with Gasteiger partial charge in [-0.2, -0.15) is 4.31 Å². The van der Waals surface area contributed by atoms with E-state index < -0.39 is 10.0 Å². The smallest absolute Gasteiger partial charge is 0.243 e. The summed E-state index contributed by atoms with van der Waals surface area (Å²) in [4.78, 5) is 7.77. The fourth-order valence-electron chi connectivity index (χ4n) is 4.91. The van der Waals surface area contributed by atoms with E-state index >= 15 is 0 Å². The lowest BCUT2D eigenvalue weighted by Gasteiger charge is -2.26. The van der Waals surface area contributed by atoms with E-state index in [1.54, 1.807) is 12.1 Å². The molecule has 2 fully saturated rings. The van der Waals surface area contributed by atoms with Crippen LogP contribution in [0.1, 0.15) is 56.5 Å². The second kappa shape index (κ2) is 10.0. The summed E-state index contributed by atoms with van der Waals surface area (Å²) < 4.78 is 35.4. The number of aromatic nitrogens is 2. The van der Waals surface area contributed by atoms with Crippen molar-refractivity contribution < 1.29 is 13.2 Å². The Morgan fingerprint density at radius 1 is 1.06 bits per heavy atom. The number of benzene rings is 2. The molecule has 0 atom stereocenters. The molecule has 0 radical (unpaired) electrons. The van der Waals surface area contributed by atoms with E-state index in [2.05, 4.69) is 54.5 Å². The summed E-state index contributed by atoms with van der Waals surface area (Å²) >= 11 is 0. The highest BCUT2D eigenvalue weighted by molar-refractivity contribution is 7.89. The number of morpholine rings is 1. The van der Waals surface area contributed by atoms with Crippen molar-refractivity contribution in [2.45, 2.75) is 70.1 Å². The first-order valence-corrected chi connectivity index (χ1v) is 14.2. The Labute approximate surface area is 208 Å². The Kier molecular flexibility index (Phi) is 6.99. The Balaban J connectivity index is 1.40. The van der Waals surface area contributed by atoms with Crippen molar-refractivity contribution >= 4 is 21.1 Å². The molecule has 1 aliphatic carbocycles. The highest BCUT2D eigenvalue weighted by atomic mass is 32.2. The monoisotopic (exact) mass is 496 g/mol. The van der Waals surface area contributed by atoms with Crippen LogP contribution in [-0.4, -0.2) is 59.5 Å². The molecule has 188 valence electrons. The minimum Gasteiger partial charge on any atom is -0.379 e. The van der Waals surface area contributed by atoms with Crippen molar-refractivity contribution in [3.8, 4) is 0 Å². The van der Waals surface area contributed by atoms with Gasteiger partial charge in [-0.3, -0.25) is 4.90 Å². The first kappa shape index (κ1) is 24.4. The van der Waals surface area contributed by atoms with Gasteiger partial charge in [0.05, 0.1) is 35.7 Å². The predicted octanol–water partition coefficient (Wildman–Crippen LogP) is 4.37. The fourth-order valence-corrected chi connectivity index (χ4v) is 6.34. The van der Waals surface area contributed by atoms with E-state index in [0.717, 1.165) is 36.5 Å². The zero-order valence-electron chi connectivity index (χ0n) is 21.0. The van der Waals surface area contributed by atoms with Crippen LogP contribution in [0.3, 0.4) is 0 Å². The molecule has 35 heavy (non-hydrogen) atoms. The quantitative estimate of drug-likeness (QED) is 0.440. The lowest BCUT2D eigenvalue weighted by molar-refractivity contribution is 0.0730. The van der Waals surface area contributed by atoms with E-state index in [0.29, 0.717) is 43.2 Å². The molecule has 5 rings (SSSR count). The summed E-state index contributed by atoms with van der Waals surface area (Å²) in [7, 11) is -3.55. The highest BCUT2D eigenvalue weighted by Crippen LogP contribution is 2.31. The normalized spacial score (nSPS) is 17.6. The van der Waals surface area contributed by atoms with E-state index in [4.69, 9.17) is 9.72 Å². The third kappa shape index (κ3) is 5.16. The van der Waals surface area contributed by atoms with Gasteiger partial charge in [0.25, 0.3) is 0 Å². The van der Waals surface area contributed by atoms with Gasteiger partial charge in [0.15, 0.2) is 0 Å². The molecule has 0 N–H and O–H groups in total. The van der Waals surface area contributed by atoms with E-state index in [-0.39, 0.29) is 0 Å². The first-order chi connectivity index (χ1) is 16.9. The van der Waals surface area contributed by atoms with Crippen LogP contribution in [0.2, 0.25) is 0 Å². The van der Waals surface area contributed by atoms with Crippen LogP contribution < -0.4 is 0 Å². The summed E-state index contributed by atoms with van der Waals surface area (Å²) in [6.45, 7) is 10.7. The van der Waals surface area contributed by atoms with Crippen LogP contribution in [0.4, 0.5) is 0 Å². The van der Waals surface area contributed by atoms with E-state index in [1.165, 1.54) is 28.3 Å². The van der Waals surface area contributed by atoms with Crippen LogP contribution in [0.25, 0.3) is 11.0 Å². The predicted molar refractivity (Wildman–Crippen MR) is 138 cm³/mol. The SMILES string of the molecule is CCn1c(CN(Cc2ccc(C(C)C)cc2)C2CC2)nc2cc(S(=O)(=O)N3CCOCC3)ccc21. The average Bonchev–Trinajstić information content (AvgIpc) is 3.65. The molecule has 1 aliphatic heterocycles. The number of hydrogen-bond donors (Lipinski definition) is 0. The summed E-state index contributed by atoms with van der Waals surface area (Å²) in [5.74, 6) is 1.53. The van der Waals surface area contributed by atoms with Crippen molar-refractivity contribution in [2.24, 2.45) is 0 Å². The third-order valence-corrected chi connectivity index (χ3v) is 9.06. The van der Waals surface area contributed by atoms with Crippen LogP contribution in [-0.2, 0) is 34.4 Å². The van der Waals surface area contributed by atoms with Gasteiger partial charge in [0.2, 0.25) is 10.0 Å². The molecule has 0 unspecified atom stereocenters. The first-order valence-electron chi connectivity index (χ1n) is 12.8. The van der Waals surface area contributed by atoms with Gasteiger partial charge in [-0.15, -0.1) is 0 Å². The fraction of sp³-hybridized carbons (Fsp3) is 0.519. The Morgan fingerprint density at radius 3 is 2.40 bits per heavy atom. The Bertz CT molecular complexity index is 1270. The second-order valence-electron chi connectivity index (χ2n) is 9.97. The maximum Gasteiger partial charge on any atom is 0.243 e. The maximum absolute atomic E-state index is 13.2. The molecule has 0 spiro atoms. The molecule has 1 saturated heterocycles. The van der Waals surface area contributed by atoms with Crippen molar-refractivity contribution in [2.75, 3.05) is 26.3 Å². The van der Waals surface area contributed by atoms with Gasteiger partial charge in [-0.1, -0.05) is 38.1 Å². The molecule has 1 saturated carbocycles. The summed E-state index contributed by atoms with van der Waals surface area (Å²) in [5.41, 5.74) is 4.41. The number of sulfonamides is 1. The van der Waals surface area contributed by atoms with Crippen molar-refractivity contribution in [3.63, 3.8) is 0 Å². The number of hydrogen-bond acceptors (Lipinski definition) is 5. The van der Waals surface area contributed by atoms with Crippen LogP contribution in [0.5, 0.6) is 0 Å². The largest absolute Gasteiger partial charge is 0.379 e. The zero-order chi connectivity index (χ0) is 24.6. The average molecular weight is 497 g/mol. The minimum atomic E-state index is -3.55. The lowest BCUT2D eigenvalue weighted by atomic mass is 10.0. The minimum absolute atomic E-state index is 0.309. The maximum atomic E-state index is 13.2. The topological polar surface area (TPSA) is 67.7 Å². The van der Waals surface area contributed by atoms with E-state index in [1.807, 2.05) is 6.07 Å². The third-order valence-electron chi connectivity index (χ3n) is 7.16. The summed E-state index contributed by atoms with van der Waals surface area (Å²) in [6, 6.07) is 14.9. The molecule has 2 aromatic carbocycles. The number of fused-ring (bicyclic) bond motifs is 1. The molecule has 1 aromatic heterocycles. The number of aryl methyl sites for hydroxylation is 1. The van der Waals surface area contributed by atoms with Gasteiger partial charge >= 0.3 is 0 Å². The second-order valence-corrected chi connectivity index (χ2v) is 11.9. The Hall–Kier alpha value is -2.26. The molecular weight excluding hydrogens is 460 g/mol. The standard InChI is InChI=1S/C27H36N4O3S/c1-4-31-26-12-11-24(35(32,33)30-13-15-34-16-14-30)17-25(26)28-27(31)19-29(23-9-10-23)18-21-5-7-22(8-6-21)20(2)3/h5-8,11-12,17,20,23H,4,9-10,13-16,18-19H2,1-3H3. The number of ether oxygens (including phenoxy) is 1. The molecule has 2 heterocycles. The number of imidazole rings is 1. The Morgan fingerprint density at radius 2 is 1.77 bits per heavy atom. The van der Waals surface area contributed by atoms with Crippen LogP contribution in [0.15, 0.2) is 47.4 Å². The molecule has 0 bridgehead atoms. The van der Waals surface area contributed by atoms with Crippen LogP contribution in [0, 0.1) is 0 Å². The lowest BCUT2D eigenvalue weighted by Crippen LogP contribution is -2.40. The zero-order valence-corrected chi connectivity index (χ0v) is 21.8. The van der Waals surface area contributed by atoms with Gasteiger partial charge in [0.1, 0.15) is 5.82 Å². The van der Waals surface area contributed by atoms with Crippen molar-refractivity contribution in [1.29, 1.82) is 0 Å². The van der Waals surface area contributed by atoms with Crippen LogP contribution >= 0.6 is 0 Å². The van der Waals surface area contributed by atoms with Gasteiger partial charge in [0, 0.05) is 32.2 Å². The highest BCUT2D eigenvalue weighted by Gasteiger charge is 2.31. The van der Waals surface area contributed by atoms with Crippen molar-refractivity contribution in [1.82, 2.24) is 18.8 Å². The van der Waals surface area contributed by atoms with Gasteiger partial charge in [-0.25, -0.2) is 13.4 Å². The van der Waals surface area contributed by atoms with Gasteiger partial charge in [-0.05, 0) is 55.0 Å². The summed E-state index contributed by atoms with van der Waals surface area (Å²) in [5, 5.41) is 0. The van der Waals surface area contributed by atoms with E-state index in [9.17, 15) is 8.42 Å². The molecule has 7 nitrogen and oxygen atoms in total.